The second-order valence-electron chi connectivity index (χ2n) is 6.98. The lowest BCUT2D eigenvalue weighted by Crippen LogP contribution is -2.39. The van der Waals surface area contributed by atoms with Crippen LogP contribution in [0.2, 0.25) is 0 Å². The third-order valence-corrected chi connectivity index (χ3v) is 5.00. The fraction of sp³-hybridized carbons (Fsp3) is 0.474. The molecule has 3 aromatic rings. The van der Waals surface area contributed by atoms with Crippen LogP contribution in [0, 0.1) is 13.8 Å². The number of likely N-dealkylation sites (tertiary alicyclic amines) is 1. The van der Waals surface area contributed by atoms with Crippen molar-refractivity contribution in [3.63, 3.8) is 0 Å². The number of hydrogen-bond acceptors (Lipinski definition) is 5. The SMILES string of the molecule is CCC(=O)N1CCC[C@@H](c2c(-c3cc(C)no3)cnc3cc(C)nn23)C1. The second-order valence-corrected chi connectivity index (χ2v) is 6.98. The van der Waals surface area contributed by atoms with Gasteiger partial charge in [0.25, 0.3) is 0 Å². The number of carbonyl (C=O) groups excluding carboxylic acids is 1. The van der Waals surface area contributed by atoms with Gasteiger partial charge < -0.3 is 9.42 Å². The van der Waals surface area contributed by atoms with E-state index in [-0.39, 0.29) is 11.8 Å². The summed E-state index contributed by atoms with van der Waals surface area (Å²) in [6.07, 6.45) is 4.36. The molecule has 26 heavy (non-hydrogen) atoms. The van der Waals surface area contributed by atoms with E-state index in [0.29, 0.717) is 18.7 Å². The Morgan fingerprint density at radius 3 is 2.88 bits per heavy atom. The topological polar surface area (TPSA) is 76.5 Å². The highest BCUT2D eigenvalue weighted by atomic mass is 16.5. The molecule has 0 aliphatic carbocycles. The first kappa shape index (κ1) is 16.8. The third kappa shape index (κ3) is 2.87. The van der Waals surface area contributed by atoms with Gasteiger partial charge in [-0.05, 0) is 26.7 Å². The molecule has 1 atom stereocenters. The number of rotatable bonds is 3. The van der Waals surface area contributed by atoms with E-state index in [2.05, 4.69) is 15.2 Å². The van der Waals surface area contributed by atoms with Crippen molar-refractivity contribution in [3.05, 3.63) is 35.4 Å². The van der Waals surface area contributed by atoms with Crippen molar-refractivity contribution in [2.45, 2.75) is 46.0 Å². The van der Waals surface area contributed by atoms with Gasteiger partial charge in [0.15, 0.2) is 11.4 Å². The molecule has 0 radical (unpaired) electrons. The number of fused-ring (bicyclic) bond motifs is 1. The van der Waals surface area contributed by atoms with E-state index < -0.39 is 0 Å². The summed E-state index contributed by atoms with van der Waals surface area (Å²) in [4.78, 5) is 18.7. The van der Waals surface area contributed by atoms with Gasteiger partial charge in [0.1, 0.15) is 0 Å². The number of carbonyl (C=O) groups is 1. The van der Waals surface area contributed by atoms with Crippen LogP contribution in [0.15, 0.2) is 22.9 Å². The molecule has 1 saturated heterocycles. The molecule has 136 valence electrons. The van der Waals surface area contributed by atoms with Crippen LogP contribution in [0.5, 0.6) is 0 Å². The quantitative estimate of drug-likeness (QED) is 0.723. The van der Waals surface area contributed by atoms with Crippen LogP contribution >= 0.6 is 0 Å². The van der Waals surface area contributed by atoms with Crippen LogP contribution in [0.1, 0.15) is 49.2 Å². The average Bonchev–Trinajstić information content (AvgIpc) is 3.24. The fourth-order valence-corrected chi connectivity index (χ4v) is 3.79. The van der Waals surface area contributed by atoms with Gasteiger partial charge in [-0.3, -0.25) is 4.79 Å². The Hall–Kier alpha value is -2.70. The Morgan fingerprint density at radius 2 is 2.15 bits per heavy atom. The lowest BCUT2D eigenvalue weighted by molar-refractivity contribution is -0.132. The van der Waals surface area contributed by atoms with Crippen LogP contribution < -0.4 is 0 Å². The standard InChI is InChI=1S/C19H23N5O2/c1-4-18(25)23-7-5-6-14(11-23)19-15(16-8-13(3)22-26-16)10-20-17-9-12(2)21-24(17)19/h8-10,14H,4-7,11H2,1-3H3/t14-/m1/s1. The molecule has 4 rings (SSSR count). The highest BCUT2D eigenvalue weighted by Crippen LogP contribution is 2.35. The van der Waals surface area contributed by atoms with Crippen molar-refractivity contribution in [1.29, 1.82) is 0 Å². The highest BCUT2D eigenvalue weighted by Gasteiger charge is 2.29. The minimum Gasteiger partial charge on any atom is -0.356 e. The number of aromatic nitrogens is 4. The van der Waals surface area contributed by atoms with Crippen LogP contribution in [0.4, 0.5) is 0 Å². The summed E-state index contributed by atoms with van der Waals surface area (Å²) < 4.78 is 7.43. The van der Waals surface area contributed by atoms with Gasteiger partial charge in [-0.15, -0.1) is 0 Å². The van der Waals surface area contributed by atoms with Crippen molar-refractivity contribution in [1.82, 2.24) is 24.7 Å². The van der Waals surface area contributed by atoms with Gasteiger partial charge in [-0.25, -0.2) is 9.50 Å². The maximum Gasteiger partial charge on any atom is 0.222 e. The van der Waals surface area contributed by atoms with Crippen LogP contribution in [0.3, 0.4) is 0 Å². The Morgan fingerprint density at radius 1 is 1.31 bits per heavy atom. The summed E-state index contributed by atoms with van der Waals surface area (Å²) in [5.74, 6) is 1.08. The number of aryl methyl sites for hydroxylation is 2. The summed E-state index contributed by atoms with van der Waals surface area (Å²) in [5.41, 5.74) is 4.51. The monoisotopic (exact) mass is 353 g/mol. The lowest BCUT2D eigenvalue weighted by Gasteiger charge is -2.33. The molecule has 0 N–H and O–H groups in total. The first-order valence-electron chi connectivity index (χ1n) is 9.13. The molecule has 1 fully saturated rings. The van der Waals surface area contributed by atoms with E-state index in [0.717, 1.165) is 47.7 Å². The molecule has 0 spiro atoms. The number of piperidine rings is 1. The molecule has 3 aromatic heterocycles. The van der Waals surface area contributed by atoms with Gasteiger partial charge in [0.2, 0.25) is 5.91 Å². The number of hydrogen-bond donors (Lipinski definition) is 0. The zero-order valence-electron chi connectivity index (χ0n) is 15.4. The normalized spacial score (nSPS) is 17.8. The van der Waals surface area contributed by atoms with Crippen molar-refractivity contribution in [2.24, 2.45) is 0 Å². The molecule has 0 aromatic carbocycles. The third-order valence-electron chi connectivity index (χ3n) is 5.00. The maximum absolute atomic E-state index is 12.2. The van der Waals surface area contributed by atoms with Crippen molar-refractivity contribution < 1.29 is 9.32 Å². The van der Waals surface area contributed by atoms with E-state index in [9.17, 15) is 4.79 Å². The number of amides is 1. The lowest BCUT2D eigenvalue weighted by atomic mass is 9.91. The van der Waals surface area contributed by atoms with Gasteiger partial charge in [0, 0.05) is 43.8 Å². The predicted octanol–water partition coefficient (Wildman–Crippen LogP) is 3.12. The molecule has 0 unspecified atom stereocenters. The molecular weight excluding hydrogens is 330 g/mol. The van der Waals surface area contributed by atoms with Crippen LogP contribution in [-0.4, -0.2) is 43.7 Å². The largest absolute Gasteiger partial charge is 0.356 e. The molecule has 7 nitrogen and oxygen atoms in total. The van der Waals surface area contributed by atoms with Gasteiger partial charge >= 0.3 is 0 Å². The minimum absolute atomic E-state index is 0.185. The molecule has 1 aliphatic rings. The Labute approximate surface area is 152 Å². The number of nitrogens with zero attached hydrogens (tertiary/aromatic N) is 5. The molecule has 0 saturated carbocycles. The van der Waals surface area contributed by atoms with Crippen LogP contribution in [-0.2, 0) is 4.79 Å². The van der Waals surface area contributed by atoms with Gasteiger partial charge in [-0.1, -0.05) is 12.1 Å². The molecule has 4 heterocycles. The van der Waals surface area contributed by atoms with Gasteiger partial charge in [0.05, 0.1) is 22.6 Å². The van der Waals surface area contributed by atoms with E-state index in [4.69, 9.17) is 4.52 Å². The van der Waals surface area contributed by atoms with Crippen molar-refractivity contribution in [2.75, 3.05) is 13.1 Å². The zero-order chi connectivity index (χ0) is 18.3. The smallest absolute Gasteiger partial charge is 0.222 e. The van der Waals surface area contributed by atoms with E-state index in [1.54, 1.807) is 0 Å². The summed E-state index contributed by atoms with van der Waals surface area (Å²) >= 11 is 0. The van der Waals surface area contributed by atoms with Crippen molar-refractivity contribution in [3.8, 4) is 11.3 Å². The Balaban J connectivity index is 1.84. The minimum atomic E-state index is 0.185. The molecule has 1 aliphatic heterocycles. The van der Waals surface area contributed by atoms with Crippen molar-refractivity contribution >= 4 is 11.6 Å². The summed E-state index contributed by atoms with van der Waals surface area (Å²) in [6.45, 7) is 7.30. The molecule has 7 heteroatoms. The summed E-state index contributed by atoms with van der Waals surface area (Å²) in [5, 5.41) is 8.68. The average molecular weight is 353 g/mol. The fourth-order valence-electron chi connectivity index (χ4n) is 3.79. The highest BCUT2D eigenvalue weighted by molar-refractivity contribution is 5.76. The first-order valence-corrected chi connectivity index (χ1v) is 9.13. The predicted molar refractivity (Wildman–Crippen MR) is 96.8 cm³/mol. The maximum atomic E-state index is 12.2. The summed E-state index contributed by atoms with van der Waals surface area (Å²) in [7, 11) is 0. The van der Waals surface area contributed by atoms with E-state index in [1.165, 1.54) is 0 Å². The van der Waals surface area contributed by atoms with Crippen LogP contribution in [0.25, 0.3) is 17.0 Å². The molecule has 0 bridgehead atoms. The van der Waals surface area contributed by atoms with Gasteiger partial charge in [-0.2, -0.15) is 5.10 Å². The zero-order valence-corrected chi connectivity index (χ0v) is 15.4. The van der Waals surface area contributed by atoms with E-state index in [1.807, 2.05) is 48.5 Å². The summed E-state index contributed by atoms with van der Waals surface area (Å²) in [6, 6.07) is 3.89. The molecular formula is C19H23N5O2. The Bertz CT molecular complexity index is 958. The van der Waals surface area contributed by atoms with E-state index >= 15 is 0 Å². The second kappa shape index (κ2) is 6.55. The molecule has 1 amide bonds. The first-order chi connectivity index (χ1) is 12.6. The Kier molecular flexibility index (Phi) is 4.22.